The molecule has 1 heterocycles. The van der Waals surface area contributed by atoms with Gasteiger partial charge >= 0.3 is 5.69 Å². The van der Waals surface area contributed by atoms with E-state index in [1.165, 1.54) is 11.0 Å². The van der Waals surface area contributed by atoms with Crippen LogP contribution >= 0.6 is 11.6 Å². The second-order valence-electron chi connectivity index (χ2n) is 5.85. The summed E-state index contributed by atoms with van der Waals surface area (Å²) in [6, 6.07) is 7.24. The molecule has 1 aromatic heterocycles. The third kappa shape index (κ3) is 2.89. The van der Waals surface area contributed by atoms with Gasteiger partial charge in [-0.1, -0.05) is 30.7 Å². The molecular formula is C15H18ClN3O2. The Hall–Kier alpha value is -1.59. The van der Waals surface area contributed by atoms with Crippen LogP contribution in [0.25, 0.3) is 0 Å². The number of H-pyrrole nitrogens is 1. The van der Waals surface area contributed by atoms with Gasteiger partial charge in [0.25, 0.3) is 0 Å². The van der Waals surface area contributed by atoms with Crippen molar-refractivity contribution >= 4 is 11.6 Å². The number of nitrogens with one attached hydrogen (secondary N) is 1. The fraction of sp³-hybridized carbons (Fsp3) is 0.467. The Bertz CT molecular complexity index is 675. The van der Waals surface area contributed by atoms with Crippen LogP contribution in [-0.4, -0.2) is 19.9 Å². The van der Waals surface area contributed by atoms with Crippen molar-refractivity contribution in [2.75, 3.05) is 0 Å². The molecule has 0 bridgehead atoms. The van der Waals surface area contributed by atoms with Crippen LogP contribution in [0.3, 0.4) is 0 Å². The number of aromatic amines is 1. The summed E-state index contributed by atoms with van der Waals surface area (Å²) in [6.07, 6.45) is 3.69. The first kappa shape index (κ1) is 14.4. The monoisotopic (exact) mass is 307 g/mol. The van der Waals surface area contributed by atoms with E-state index in [1.807, 2.05) is 12.1 Å². The van der Waals surface area contributed by atoms with Crippen LogP contribution in [0.1, 0.15) is 25.3 Å². The van der Waals surface area contributed by atoms with Gasteiger partial charge in [-0.3, -0.25) is 4.68 Å². The molecule has 2 atom stereocenters. The second-order valence-corrected chi connectivity index (χ2v) is 6.28. The summed E-state index contributed by atoms with van der Waals surface area (Å²) in [6.45, 7) is 2.32. The van der Waals surface area contributed by atoms with Gasteiger partial charge in [-0.2, -0.15) is 4.98 Å². The molecule has 0 spiro atoms. The van der Waals surface area contributed by atoms with Gasteiger partial charge in [0.1, 0.15) is 11.9 Å². The molecule has 2 N–H and O–H groups in total. The Morgan fingerprint density at radius 1 is 1.48 bits per heavy atom. The molecular weight excluding hydrogens is 290 g/mol. The Morgan fingerprint density at radius 2 is 2.14 bits per heavy atom. The van der Waals surface area contributed by atoms with Crippen LogP contribution in [-0.2, 0) is 12.1 Å². The summed E-state index contributed by atoms with van der Waals surface area (Å²) in [5.41, 5.74) is -0.663. The fourth-order valence-electron chi connectivity index (χ4n) is 2.87. The number of aliphatic hydroxyl groups is 1. The van der Waals surface area contributed by atoms with Crippen molar-refractivity contribution in [3.8, 4) is 0 Å². The lowest BCUT2D eigenvalue weighted by Gasteiger charge is -2.35. The normalized spacial score (nSPS) is 19.2. The molecule has 112 valence electrons. The quantitative estimate of drug-likeness (QED) is 0.889. The van der Waals surface area contributed by atoms with Crippen molar-refractivity contribution in [2.24, 2.45) is 11.8 Å². The maximum Gasteiger partial charge on any atom is 0.361 e. The van der Waals surface area contributed by atoms with Crippen LogP contribution in [0.4, 0.5) is 0 Å². The number of benzene rings is 1. The van der Waals surface area contributed by atoms with E-state index < -0.39 is 11.3 Å². The van der Waals surface area contributed by atoms with Gasteiger partial charge in [0.2, 0.25) is 0 Å². The minimum absolute atomic E-state index is 0.0876. The zero-order chi connectivity index (χ0) is 15.0. The van der Waals surface area contributed by atoms with E-state index >= 15 is 0 Å². The number of hydrogen-bond donors (Lipinski definition) is 2. The molecule has 0 saturated heterocycles. The number of aromatic nitrogens is 3. The Balaban J connectivity index is 1.97. The van der Waals surface area contributed by atoms with Crippen LogP contribution in [0.2, 0.25) is 5.02 Å². The molecule has 2 unspecified atom stereocenters. The molecule has 3 rings (SSSR count). The Labute approximate surface area is 127 Å². The van der Waals surface area contributed by atoms with E-state index in [0.717, 1.165) is 18.4 Å². The summed E-state index contributed by atoms with van der Waals surface area (Å²) in [4.78, 5) is 14.8. The highest BCUT2D eigenvalue weighted by atomic mass is 35.5. The van der Waals surface area contributed by atoms with Crippen LogP contribution in [0.5, 0.6) is 0 Å². The van der Waals surface area contributed by atoms with Crippen molar-refractivity contribution in [2.45, 2.75) is 31.9 Å². The first-order chi connectivity index (χ1) is 9.99. The number of halogens is 1. The summed E-state index contributed by atoms with van der Waals surface area (Å²) >= 11 is 5.94. The molecule has 1 aliphatic rings. The van der Waals surface area contributed by atoms with Crippen molar-refractivity contribution in [3.63, 3.8) is 0 Å². The molecule has 0 amide bonds. The van der Waals surface area contributed by atoms with Gasteiger partial charge in [-0.15, -0.1) is 0 Å². The van der Waals surface area contributed by atoms with Gasteiger partial charge in [0.05, 0.1) is 6.54 Å². The molecule has 6 heteroatoms. The van der Waals surface area contributed by atoms with E-state index in [0.29, 0.717) is 10.9 Å². The molecule has 21 heavy (non-hydrogen) atoms. The van der Waals surface area contributed by atoms with E-state index in [9.17, 15) is 9.90 Å². The predicted molar refractivity (Wildman–Crippen MR) is 80.1 cm³/mol. The van der Waals surface area contributed by atoms with E-state index in [2.05, 4.69) is 17.0 Å². The molecule has 1 saturated carbocycles. The molecule has 1 aromatic carbocycles. The van der Waals surface area contributed by atoms with Gasteiger partial charge in [0, 0.05) is 5.02 Å². The first-order valence-corrected chi connectivity index (χ1v) is 7.47. The minimum Gasteiger partial charge on any atom is -0.383 e. The number of nitrogens with zero attached hydrogens (tertiary/aromatic N) is 2. The molecule has 0 aliphatic heterocycles. The molecule has 0 radical (unpaired) electrons. The lowest BCUT2D eigenvalue weighted by Crippen LogP contribution is -2.39. The van der Waals surface area contributed by atoms with E-state index in [-0.39, 0.29) is 12.5 Å². The van der Waals surface area contributed by atoms with Crippen molar-refractivity contribution in [1.82, 2.24) is 14.8 Å². The average molecular weight is 308 g/mol. The van der Waals surface area contributed by atoms with Crippen LogP contribution in [0, 0.1) is 11.8 Å². The Kier molecular flexibility index (Phi) is 3.63. The highest BCUT2D eigenvalue weighted by molar-refractivity contribution is 6.30. The summed E-state index contributed by atoms with van der Waals surface area (Å²) in [7, 11) is 0. The SMILES string of the molecule is CC(C1CC1)C(O)(Cn1cnc(=O)[nH]1)c1ccc(Cl)cc1. The van der Waals surface area contributed by atoms with Crippen molar-refractivity contribution < 1.29 is 5.11 Å². The molecule has 1 fully saturated rings. The van der Waals surface area contributed by atoms with Crippen molar-refractivity contribution in [1.29, 1.82) is 0 Å². The predicted octanol–water partition coefficient (Wildman–Crippen LogP) is 2.16. The maximum atomic E-state index is 11.3. The summed E-state index contributed by atoms with van der Waals surface area (Å²) in [5, 5.41) is 14.5. The highest BCUT2D eigenvalue weighted by Gasteiger charge is 2.44. The largest absolute Gasteiger partial charge is 0.383 e. The molecule has 1 aliphatic carbocycles. The standard InChI is InChI=1S/C15H18ClN3O2/c1-10(11-2-3-11)15(21,8-19-9-17-14(20)18-19)12-4-6-13(16)7-5-12/h4-7,9-11,21H,2-3,8H2,1H3,(H,18,20). The first-order valence-electron chi connectivity index (χ1n) is 7.09. The van der Waals surface area contributed by atoms with E-state index in [4.69, 9.17) is 11.6 Å². The topological polar surface area (TPSA) is 70.9 Å². The Morgan fingerprint density at radius 3 is 2.67 bits per heavy atom. The van der Waals surface area contributed by atoms with Crippen LogP contribution in [0.15, 0.2) is 35.4 Å². The van der Waals surface area contributed by atoms with Gasteiger partial charge in [-0.05, 0) is 42.4 Å². The van der Waals surface area contributed by atoms with Gasteiger partial charge < -0.3 is 5.11 Å². The number of hydrogen-bond acceptors (Lipinski definition) is 3. The lowest BCUT2D eigenvalue weighted by atomic mass is 9.79. The summed E-state index contributed by atoms with van der Waals surface area (Å²) < 4.78 is 1.54. The third-order valence-electron chi connectivity index (χ3n) is 4.39. The zero-order valence-corrected chi connectivity index (χ0v) is 12.5. The van der Waals surface area contributed by atoms with Crippen LogP contribution < -0.4 is 5.69 Å². The second kappa shape index (κ2) is 5.31. The number of rotatable bonds is 5. The molecule has 5 nitrogen and oxygen atoms in total. The summed E-state index contributed by atoms with van der Waals surface area (Å²) in [5.74, 6) is 0.602. The maximum absolute atomic E-state index is 11.3. The smallest absolute Gasteiger partial charge is 0.361 e. The average Bonchev–Trinajstić information content (AvgIpc) is 3.22. The minimum atomic E-state index is -1.06. The lowest BCUT2D eigenvalue weighted by molar-refractivity contribution is -0.0443. The molecule has 2 aromatic rings. The van der Waals surface area contributed by atoms with E-state index in [1.54, 1.807) is 12.1 Å². The van der Waals surface area contributed by atoms with Gasteiger partial charge in [-0.25, -0.2) is 9.89 Å². The van der Waals surface area contributed by atoms with Gasteiger partial charge in [0.15, 0.2) is 0 Å². The fourth-order valence-corrected chi connectivity index (χ4v) is 2.99. The van der Waals surface area contributed by atoms with Crippen molar-refractivity contribution in [3.05, 3.63) is 51.7 Å². The highest BCUT2D eigenvalue weighted by Crippen LogP contribution is 2.46. The zero-order valence-electron chi connectivity index (χ0n) is 11.8. The third-order valence-corrected chi connectivity index (χ3v) is 4.64.